The molecule has 0 amide bonds. The van der Waals surface area contributed by atoms with Gasteiger partial charge in [-0.25, -0.2) is 0 Å². The van der Waals surface area contributed by atoms with Gasteiger partial charge in [-0.1, -0.05) is 30.3 Å². The van der Waals surface area contributed by atoms with Crippen molar-refractivity contribution in [1.82, 2.24) is 4.73 Å². The van der Waals surface area contributed by atoms with Crippen LogP contribution in [0.5, 0.6) is 0 Å². The summed E-state index contributed by atoms with van der Waals surface area (Å²) < 4.78 is 22.2. The van der Waals surface area contributed by atoms with Crippen molar-refractivity contribution < 1.29 is 8.42 Å². The molecule has 0 atom stereocenters. The van der Waals surface area contributed by atoms with Gasteiger partial charge in [-0.05, 0) is 42.3 Å². The van der Waals surface area contributed by atoms with Gasteiger partial charge in [-0.2, -0.15) is 8.42 Å². The predicted molar refractivity (Wildman–Crippen MR) is 69.3 cm³/mol. The lowest BCUT2D eigenvalue weighted by Gasteiger charge is -2.14. The molecule has 0 aliphatic rings. The third-order valence-electron chi connectivity index (χ3n) is 2.81. The molecular weight excluding hydrogens is 250 g/mol. The van der Waals surface area contributed by atoms with Crippen LogP contribution in [0.1, 0.15) is 16.7 Å². The lowest BCUT2D eigenvalue weighted by molar-refractivity contribution is 0.623. The van der Waals surface area contributed by atoms with Gasteiger partial charge in [0, 0.05) is 0 Å². The Labute approximate surface area is 106 Å². The van der Waals surface area contributed by atoms with E-state index in [1.807, 2.05) is 30.3 Å². The number of hydrogen-bond donors (Lipinski definition) is 0. The molecule has 0 spiro atoms. The number of nitrogens with zero attached hydrogens (tertiary/aromatic N) is 1. The van der Waals surface area contributed by atoms with Crippen LogP contribution >= 0.6 is 0 Å². The Bertz CT molecular complexity index is 723. The number of benzene rings is 1. The van der Waals surface area contributed by atoms with E-state index < -0.39 is 10.3 Å². The maximum atomic E-state index is 11.4. The summed E-state index contributed by atoms with van der Waals surface area (Å²) >= 11 is 0. The van der Waals surface area contributed by atoms with E-state index in [0.717, 1.165) is 11.1 Å². The Morgan fingerprint density at radius 1 is 1.17 bits per heavy atom. The molecule has 0 unspecified atom stereocenters. The molecule has 0 saturated heterocycles. The van der Waals surface area contributed by atoms with E-state index >= 15 is 0 Å². The van der Waals surface area contributed by atoms with E-state index in [2.05, 4.69) is 0 Å². The second-order valence-electron chi connectivity index (χ2n) is 3.99. The molecule has 2 rings (SSSR count). The highest BCUT2D eigenvalue weighted by atomic mass is 32.2. The Morgan fingerprint density at radius 3 is 2.44 bits per heavy atom. The maximum Gasteiger partial charge on any atom is 0.238 e. The molecule has 0 N–H and O–H groups in total. The first-order valence-electron chi connectivity index (χ1n) is 5.44. The normalized spacial score (nSPS) is 10.3. The standard InChI is InChI=1S/C13H12NO3S/c1-10-12(9-11-5-3-2-4-6-11)7-8-14(15)13(10)18(16)17/h2-8H,9H2,1H3/q-1. The summed E-state index contributed by atoms with van der Waals surface area (Å²) in [5, 5.41) is 11.4. The molecule has 1 aromatic heterocycles. The molecule has 0 fully saturated rings. The average Bonchev–Trinajstić information content (AvgIpc) is 2.34. The highest BCUT2D eigenvalue weighted by molar-refractivity contribution is 7.63. The smallest absolute Gasteiger partial charge is 0.238 e. The van der Waals surface area contributed by atoms with Crippen molar-refractivity contribution in [1.29, 1.82) is 0 Å². The van der Waals surface area contributed by atoms with Crippen LogP contribution in [-0.4, -0.2) is 13.1 Å². The third kappa shape index (κ3) is 2.46. The SMILES string of the molecule is Cc1c(Cc2ccccc2)ccn([O-])c1=S(=O)=O. The molecule has 4 nitrogen and oxygen atoms in total. The van der Waals surface area contributed by atoms with Crippen LogP contribution < -0.4 is 0 Å². The molecule has 94 valence electrons. The van der Waals surface area contributed by atoms with Crippen molar-refractivity contribution in [2.75, 3.05) is 0 Å². The van der Waals surface area contributed by atoms with Crippen LogP contribution in [0.2, 0.25) is 0 Å². The summed E-state index contributed by atoms with van der Waals surface area (Å²) in [5.74, 6) is 0. The number of hydrogen-bond acceptors (Lipinski definition) is 3. The Hall–Kier alpha value is -2.01. The Morgan fingerprint density at radius 2 is 1.83 bits per heavy atom. The average molecular weight is 262 g/mol. The highest BCUT2D eigenvalue weighted by Crippen LogP contribution is 2.14. The predicted octanol–water partition coefficient (Wildman–Crippen LogP) is 2.14. The van der Waals surface area contributed by atoms with E-state index in [1.54, 1.807) is 13.0 Å². The Kier molecular flexibility index (Phi) is 3.53. The van der Waals surface area contributed by atoms with Crippen molar-refractivity contribution in [2.45, 2.75) is 13.3 Å². The van der Waals surface area contributed by atoms with E-state index in [4.69, 9.17) is 0 Å². The fourth-order valence-corrected chi connectivity index (χ4v) is 2.45. The topological polar surface area (TPSA) is 62.1 Å². The van der Waals surface area contributed by atoms with Crippen molar-refractivity contribution in [3.05, 3.63) is 69.1 Å². The van der Waals surface area contributed by atoms with E-state index in [9.17, 15) is 13.6 Å². The van der Waals surface area contributed by atoms with Crippen LogP contribution in [0.4, 0.5) is 0 Å². The zero-order valence-corrected chi connectivity index (χ0v) is 10.6. The first-order valence-corrected chi connectivity index (χ1v) is 6.52. The van der Waals surface area contributed by atoms with E-state index in [1.165, 1.54) is 6.20 Å². The summed E-state index contributed by atoms with van der Waals surface area (Å²) in [6.07, 6.45) is 1.84. The molecule has 1 heterocycles. The Balaban J connectivity index is 2.56. The largest absolute Gasteiger partial charge is 0.805 e. The minimum atomic E-state index is -2.52. The molecule has 5 heteroatoms. The summed E-state index contributed by atoms with van der Waals surface area (Å²) in [6.45, 7) is 1.65. The lowest BCUT2D eigenvalue weighted by atomic mass is 10.0. The molecule has 18 heavy (non-hydrogen) atoms. The summed E-state index contributed by atoms with van der Waals surface area (Å²) in [7, 11) is -2.52. The van der Waals surface area contributed by atoms with Gasteiger partial charge in [-0.3, -0.25) is 0 Å². The summed E-state index contributed by atoms with van der Waals surface area (Å²) in [4.78, 5) is 0. The molecule has 0 aliphatic carbocycles. The highest BCUT2D eigenvalue weighted by Gasteiger charge is 2.03. The van der Waals surface area contributed by atoms with Crippen molar-refractivity contribution >= 4 is 10.3 Å². The molecule has 0 bridgehead atoms. The third-order valence-corrected chi connectivity index (χ3v) is 3.61. The first-order chi connectivity index (χ1) is 8.59. The molecular formula is C13H12NO3S-. The summed E-state index contributed by atoms with van der Waals surface area (Å²) in [6, 6.07) is 11.4. The van der Waals surface area contributed by atoms with Crippen molar-refractivity contribution in [2.24, 2.45) is 0 Å². The second kappa shape index (κ2) is 5.10. The van der Waals surface area contributed by atoms with Crippen LogP contribution in [0, 0.1) is 16.8 Å². The van der Waals surface area contributed by atoms with Crippen molar-refractivity contribution in [3.63, 3.8) is 0 Å². The molecule has 0 aliphatic heterocycles. The summed E-state index contributed by atoms with van der Waals surface area (Å²) in [5.41, 5.74) is 2.42. The van der Waals surface area contributed by atoms with Crippen LogP contribution in [-0.2, 0) is 16.7 Å². The number of rotatable bonds is 2. The van der Waals surface area contributed by atoms with Crippen LogP contribution in [0.25, 0.3) is 0 Å². The fraction of sp³-hybridized carbons (Fsp3) is 0.154. The minimum absolute atomic E-state index is 0.205. The molecule has 0 radical (unpaired) electrons. The maximum absolute atomic E-state index is 11.4. The van der Waals surface area contributed by atoms with Gasteiger partial charge in [0.25, 0.3) is 0 Å². The van der Waals surface area contributed by atoms with Gasteiger partial charge >= 0.3 is 0 Å². The van der Waals surface area contributed by atoms with Gasteiger partial charge in [0.05, 0.1) is 0 Å². The van der Waals surface area contributed by atoms with Gasteiger partial charge < -0.3 is 9.94 Å². The zero-order chi connectivity index (χ0) is 13.1. The minimum Gasteiger partial charge on any atom is -0.805 e. The van der Waals surface area contributed by atoms with Crippen LogP contribution in [0.3, 0.4) is 0 Å². The quantitative estimate of drug-likeness (QED) is 0.779. The van der Waals surface area contributed by atoms with Gasteiger partial charge in [-0.15, -0.1) is 0 Å². The van der Waals surface area contributed by atoms with Gasteiger partial charge in [0.15, 0.2) is 4.64 Å². The number of pyridine rings is 1. The van der Waals surface area contributed by atoms with E-state index in [0.29, 0.717) is 16.7 Å². The first kappa shape index (κ1) is 12.4. The van der Waals surface area contributed by atoms with Crippen molar-refractivity contribution in [3.8, 4) is 0 Å². The molecule has 2 aromatic rings. The van der Waals surface area contributed by atoms with Gasteiger partial charge in [0.2, 0.25) is 10.3 Å². The van der Waals surface area contributed by atoms with Crippen LogP contribution in [0.15, 0.2) is 42.6 Å². The lowest BCUT2D eigenvalue weighted by Crippen LogP contribution is -2.00. The monoisotopic (exact) mass is 262 g/mol. The number of aromatic nitrogens is 1. The van der Waals surface area contributed by atoms with E-state index in [-0.39, 0.29) is 4.64 Å². The zero-order valence-electron chi connectivity index (χ0n) is 9.83. The molecule has 0 saturated carbocycles. The van der Waals surface area contributed by atoms with Gasteiger partial charge in [0.1, 0.15) is 0 Å². The molecule has 1 aromatic carbocycles. The fourth-order valence-electron chi connectivity index (χ4n) is 1.86. The second-order valence-corrected chi connectivity index (χ2v) is 4.85.